The van der Waals surface area contributed by atoms with Gasteiger partial charge >= 0.3 is 0 Å². The molecule has 0 spiro atoms. The largest absolute Gasteiger partial charge is 0.379 e. The summed E-state index contributed by atoms with van der Waals surface area (Å²) in [5.41, 5.74) is 0. The maximum absolute atomic E-state index is 5.08. The van der Waals surface area contributed by atoms with E-state index in [2.05, 4.69) is 15.3 Å². The van der Waals surface area contributed by atoms with E-state index < -0.39 is 0 Å². The Labute approximate surface area is 81.1 Å². The third-order valence-corrected chi connectivity index (χ3v) is 2.82. The molecule has 13 heavy (non-hydrogen) atoms. The van der Waals surface area contributed by atoms with Crippen molar-refractivity contribution >= 4 is 17.7 Å². The molecule has 0 unspecified atom stereocenters. The van der Waals surface area contributed by atoms with E-state index in [1.807, 2.05) is 13.1 Å². The molecule has 0 saturated carbocycles. The second-order valence-electron chi connectivity index (χ2n) is 2.75. The van der Waals surface area contributed by atoms with Crippen molar-refractivity contribution in [1.29, 1.82) is 0 Å². The van der Waals surface area contributed by atoms with Crippen LogP contribution in [-0.4, -0.2) is 35.5 Å². The Morgan fingerprint density at radius 2 is 2.46 bits per heavy atom. The zero-order valence-electron chi connectivity index (χ0n) is 7.36. The van der Waals surface area contributed by atoms with Crippen molar-refractivity contribution in [2.45, 2.75) is 10.3 Å². The molecule has 1 saturated heterocycles. The summed E-state index contributed by atoms with van der Waals surface area (Å²) in [6.45, 7) is 1.67. The summed E-state index contributed by atoms with van der Waals surface area (Å²) in [6, 6.07) is 1.92. The van der Waals surface area contributed by atoms with Crippen LogP contribution in [-0.2, 0) is 4.74 Å². The van der Waals surface area contributed by atoms with Crippen molar-refractivity contribution in [2.75, 3.05) is 25.6 Å². The maximum Gasteiger partial charge on any atom is 0.223 e. The summed E-state index contributed by atoms with van der Waals surface area (Å²) in [6.07, 6.45) is 1.76. The van der Waals surface area contributed by atoms with Gasteiger partial charge in [0.2, 0.25) is 5.95 Å². The molecule has 70 valence electrons. The molecule has 2 rings (SSSR count). The minimum Gasteiger partial charge on any atom is -0.379 e. The summed E-state index contributed by atoms with van der Waals surface area (Å²) < 4.78 is 5.08. The molecule has 2 heterocycles. The lowest BCUT2D eigenvalue weighted by Crippen LogP contribution is -2.30. The Bertz CT molecular complexity index is 290. The van der Waals surface area contributed by atoms with Gasteiger partial charge in [-0.15, -0.1) is 0 Å². The van der Waals surface area contributed by atoms with E-state index in [9.17, 15) is 0 Å². The molecular weight excluding hydrogens is 186 g/mol. The Hall–Kier alpha value is -0.810. The second-order valence-corrected chi connectivity index (χ2v) is 4.07. The van der Waals surface area contributed by atoms with E-state index in [4.69, 9.17) is 4.74 Å². The van der Waals surface area contributed by atoms with Crippen LogP contribution in [0.1, 0.15) is 0 Å². The number of hydrogen-bond acceptors (Lipinski definition) is 5. The number of thioether (sulfide) groups is 1. The van der Waals surface area contributed by atoms with Crippen molar-refractivity contribution in [3.05, 3.63) is 12.3 Å². The van der Waals surface area contributed by atoms with Crippen LogP contribution in [0.4, 0.5) is 5.95 Å². The van der Waals surface area contributed by atoms with Gasteiger partial charge in [-0.05, 0) is 6.07 Å². The summed E-state index contributed by atoms with van der Waals surface area (Å²) in [5.74, 6) is 0.672. The molecule has 1 N–H and O–H groups in total. The number of anilines is 1. The molecule has 0 atom stereocenters. The molecule has 5 heteroatoms. The zero-order valence-corrected chi connectivity index (χ0v) is 8.17. The molecule has 0 radical (unpaired) electrons. The Morgan fingerprint density at radius 1 is 1.62 bits per heavy atom. The third kappa shape index (κ3) is 2.10. The molecule has 1 aromatic heterocycles. The second kappa shape index (κ2) is 3.93. The highest BCUT2D eigenvalue weighted by atomic mass is 32.2. The molecule has 0 bridgehead atoms. The van der Waals surface area contributed by atoms with E-state index in [1.165, 1.54) is 0 Å². The summed E-state index contributed by atoms with van der Waals surface area (Å²) in [4.78, 5) is 8.34. The minimum atomic E-state index is 0.569. The van der Waals surface area contributed by atoms with Crippen molar-refractivity contribution in [1.82, 2.24) is 9.97 Å². The standard InChI is InChI=1S/C8H11N3OS/c1-9-8-10-3-2-7(11-8)13-6-4-12-5-6/h2-3,6H,4-5H2,1H3,(H,9,10,11). The van der Waals surface area contributed by atoms with Gasteiger partial charge in [-0.1, -0.05) is 11.8 Å². The highest BCUT2D eigenvalue weighted by molar-refractivity contribution is 8.00. The lowest BCUT2D eigenvalue weighted by Gasteiger charge is -2.24. The fourth-order valence-corrected chi connectivity index (χ4v) is 1.93. The first-order chi connectivity index (χ1) is 6.38. The lowest BCUT2D eigenvalue weighted by atomic mass is 10.4. The van der Waals surface area contributed by atoms with Crippen molar-refractivity contribution < 1.29 is 4.74 Å². The zero-order chi connectivity index (χ0) is 9.10. The van der Waals surface area contributed by atoms with Gasteiger partial charge in [-0.25, -0.2) is 9.97 Å². The van der Waals surface area contributed by atoms with Crippen LogP contribution in [0.25, 0.3) is 0 Å². The average molecular weight is 197 g/mol. The number of aromatic nitrogens is 2. The predicted molar refractivity (Wildman–Crippen MR) is 52.0 cm³/mol. The van der Waals surface area contributed by atoms with E-state index in [-0.39, 0.29) is 0 Å². The van der Waals surface area contributed by atoms with Gasteiger partial charge in [-0.3, -0.25) is 0 Å². The highest BCUT2D eigenvalue weighted by Gasteiger charge is 2.20. The van der Waals surface area contributed by atoms with Gasteiger partial charge < -0.3 is 10.1 Å². The highest BCUT2D eigenvalue weighted by Crippen LogP contribution is 2.26. The van der Waals surface area contributed by atoms with Crippen LogP contribution < -0.4 is 5.32 Å². The minimum absolute atomic E-state index is 0.569. The first-order valence-corrected chi connectivity index (χ1v) is 5.01. The van der Waals surface area contributed by atoms with Crippen molar-refractivity contribution in [3.8, 4) is 0 Å². The molecule has 1 fully saturated rings. The van der Waals surface area contributed by atoms with E-state index >= 15 is 0 Å². The molecule has 1 aliphatic heterocycles. The van der Waals surface area contributed by atoms with Gasteiger partial charge in [0, 0.05) is 13.2 Å². The molecule has 0 amide bonds. The normalized spacial score (nSPS) is 16.7. The Morgan fingerprint density at radius 3 is 3.08 bits per heavy atom. The fourth-order valence-electron chi connectivity index (χ4n) is 0.981. The molecule has 0 aliphatic carbocycles. The Kier molecular flexibility index (Phi) is 2.65. The maximum atomic E-state index is 5.08. The van der Waals surface area contributed by atoms with Crippen LogP contribution in [0.3, 0.4) is 0 Å². The SMILES string of the molecule is CNc1nccc(SC2COC2)n1. The van der Waals surface area contributed by atoms with Crippen molar-refractivity contribution in [3.63, 3.8) is 0 Å². The first kappa shape index (κ1) is 8.77. The molecular formula is C8H11N3OS. The van der Waals surface area contributed by atoms with E-state index in [1.54, 1.807) is 18.0 Å². The van der Waals surface area contributed by atoms with Crippen LogP contribution in [0.5, 0.6) is 0 Å². The fraction of sp³-hybridized carbons (Fsp3) is 0.500. The van der Waals surface area contributed by atoms with Gasteiger partial charge in [0.15, 0.2) is 0 Å². The number of nitrogens with zero attached hydrogens (tertiary/aromatic N) is 2. The van der Waals surface area contributed by atoms with E-state index in [0.29, 0.717) is 11.2 Å². The van der Waals surface area contributed by atoms with Crippen LogP contribution >= 0.6 is 11.8 Å². The topological polar surface area (TPSA) is 47.0 Å². The number of hydrogen-bond donors (Lipinski definition) is 1. The quantitative estimate of drug-likeness (QED) is 0.733. The van der Waals surface area contributed by atoms with Crippen molar-refractivity contribution in [2.24, 2.45) is 0 Å². The number of ether oxygens (including phenoxy) is 1. The van der Waals surface area contributed by atoms with Crippen LogP contribution in [0.2, 0.25) is 0 Å². The predicted octanol–water partition coefficient (Wildman–Crippen LogP) is 1.01. The van der Waals surface area contributed by atoms with Gasteiger partial charge in [0.1, 0.15) is 5.03 Å². The molecule has 0 aromatic carbocycles. The molecule has 1 aliphatic rings. The van der Waals surface area contributed by atoms with Gasteiger partial charge in [0.25, 0.3) is 0 Å². The van der Waals surface area contributed by atoms with Gasteiger partial charge in [-0.2, -0.15) is 0 Å². The van der Waals surface area contributed by atoms with Gasteiger partial charge in [0.05, 0.1) is 18.5 Å². The number of rotatable bonds is 3. The molecule has 1 aromatic rings. The average Bonchev–Trinajstić information content (AvgIpc) is 2.12. The Balaban J connectivity index is 2.01. The van der Waals surface area contributed by atoms with Crippen LogP contribution in [0.15, 0.2) is 17.3 Å². The van der Waals surface area contributed by atoms with Crippen LogP contribution in [0, 0.1) is 0 Å². The monoisotopic (exact) mass is 197 g/mol. The summed E-state index contributed by atoms with van der Waals surface area (Å²) >= 11 is 1.74. The smallest absolute Gasteiger partial charge is 0.223 e. The summed E-state index contributed by atoms with van der Waals surface area (Å²) in [7, 11) is 1.82. The molecule has 4 nitrogen and oxygen atoms in total. The lowest BCUT2D eigenvalue weighted by molar-refractivity contribution is 0.0454. The van der Waals surface area contributed by atoms with E-state index in [0.717, 1.165) is 18.2 Å². The third-order valence-electron chi connectivity index (χ3n) is 1.75. The summed E-state index contributed by atoms with van der Waals surface area (Å²) in [5, 5.41) is 4.49. The number of nitrogens with one attached hydrogen (secondary N) is 1. The first-order valence-electron chi connectivity index (χ1n) is 4.13.